The summed E-state index contributed by atoms with van der Waals surface area (Å²) in [6.45, 7) is 3.58. The van der Waals surface area contributed by atoms with Crippen molar-refractivity contribution in [2.75, 3.05) is 32.8 Å². The van der Waals surface area contributed by atoms with Crippen LogP contribution in [0.3, 0.4) is 0 Å². The molecule has 2 aromatic carbocycles. The standard InChI is InChI=1S/C21H24FN3O3/c1-15-2-4-16(5-3-15)20(23)21(27)25-12-10-24(11-13-25)19(26)14-28-18-8-6-17(22)7-9-18/h2-9,20H,10-14,23H2,1H3. The molecule has 0 aromatic heterocycles. The smallest absolute Gasteiger partial charge is 0.260 e. The molecule has 1 aliphatic heterocycles. The van der Waals surface area contributed by atoms with E-state index in [4.69, 9.17) is 10.5 Å². The Hall–Kier alpha value is -2.93. The Labute approximate surface area is 163 Å². The van der Waals surface area contributed by atoms with Gasteiger partial charge in [0.25, 0.3) is 5.91 Å². The summed E-state index contributed by atoms with van der Waals surface area (Å²) in [6.07, 6.45) is 0. The predicted octanol–water partition coefficient (Wildman–Crippen LogP) is 1.88. The van der Waals surface area contributed by atoms with Crippen LogP contribution in [0.5, 0.6) is 5.75 Å². The van der Waals surface area contributed by atoms with Crippen LogP contribution in [0.4, 0.5) is 4.39 Å². The Balaban J connectivity index is 1.47. The van der Waals surface area contributed by atoms with Crippen molar-refractivity contribution in [3.8, 4) is 5.75 Å². The lowest BCUT2D eigenvalue weighted by atomic mass is 10.0. The highest BCUT2D eigenvalue weighted by Gasteiger charge is 2.28. The van der Waals surface area contributed by atoms with Gasteiger partial charge >= 0.3 is 0 Å². The summed E-state index contributed by atoms with van der Waals surface area (Å²) in [7, 11) is 0. The van der Waals surface area contributed by atoms with E-state index in [2.05, 4.69) is 0 Å². The molecule has 3 rings (SSSR count). The normalized spacial score (nSPS) is 15.2. The van der Waals surface area contributed by atoms with Crippen molar-refractivity contribution in [3.05, 3.63) is 65.5 Å². The first-order chi connectivity index (χ1) is 13.4. The molecule has 0 spiro atoms. The Morgan fingerprint density at radius 3 is 2.18 bits per heavy atom. The largest absolute Gasteiger partial charge is 0.484 e. The van der Waals surface area contributed by atoms with Gasteiger partial charge in [0.2, 0.25) is 5.91 Å². The maximum absolute atomic E-state index is 12.9. The summed E-state index contributed by atoms with van der Waals surface area (Å²) in [5, 5.41) is 0. The number of benzene rings is 2. The second-order valence-corrected chi connectivity index (χ2v) is 6.84. The van der Waals surface area contributed by atoms with E-state index in [0.29, 0.717) is 31.9 Å². The van der Waals surface area contributed by atoms with Crippen LogP contribution >= 0.6 is 0 Å². The van der Waals surface area contributed by atoms with Crippen LogP contribution in [0.25, 0.3) is 0 Å². The first-order valence-electron chi connectivity index (χ1n) is 9.21. The zero-order chi connectivity index (χ0) is 20.1. The number of carbonyl (C=O) groups is 2. The number of piperazine rings is 1. The summed E-state index contributed by atoms with van der Waals surface area (Å²) in [5.41, 5.74) is 8.01. The van der Waals surface area contributed by atoms with Gasteiger partial charge < -0.3 is 20.3 Å². The zero-order valence-electron chi connectivity index (χ0n) is 15.8. The quantitative estimate of drug-likeness (QED) is 0.853. The number of nitrogens with two attached hydrogens (primary N) is 1. The average molecular weight is 385 g/mol. The molecule has 1 heterocycles. The fourth-order valence-electron chi connectivity index (χ4n) is 3.06. The van der Waals surface area contributed by atoms with Gasteiger partial charge in [0.1, 0.15) is 17.6 Å². The number of amides is 2. The van der Waals surface area contributed by atoms with Crippen molar-refractivity contribution in [3.63, 3.8) is 0 Å². The number of carbonyl (C=O) groups excluding carboxylic acids is 2. The van der Waals surface area contributed by atoms with Gasteiger partial charge in [-0.05, 0) is 36.8 Å². The molecule has 2 aromatic rings. The summed E-state index contributed by atoms with van der Waals surface area (Å²) in [5.74, 6) is -0.228. The van der Waals surface area contributed by atoms with Gasteiger partial charge in [0.05, 0.1) is 0 Å². The molecule has 0 bridgehead atoms. The zero-order valence-corrected chi connectivity index (χ0v) is 15.8. The topological polar surface area (TPSA) is 75.9 Å². The second kappa shape index (κ2) is 8.84. The molecule has 7 heteroatoms. The third-order valence-corrected chi connectivity index (χ3v) is 4.82. The molecule has 6 nitrogen and oxygen atoms in total. The van der Waals surface area contributed by atoms with Gasteiger partial charge in [-0.1, -0.05) is 29.8 Å². The van der Waals surface area contributed by atoms with Crippen molar-refractivity contribution < 1.29 is 18.7 Å². The first kappa shape index (κ1) is 19.8. The van der Waals surface area contributed by atoms with E-state index in [1.807, 2.05) is 31.2 Å². The van der Waals surface area contributed by atoms with Crippen LogP contribution in [0.2, 0.25) is 0 Å². The number of rotatable bonds is 5. The van der Waals surface area contributed by atoms with Crippen molar-refractivity contribution in [2.45, 2.75) is 13.0 Å². The molecule has 0 aliphatic carbocycles. The van der Waals surface area contributed by atoms with E-state index in [-0.39, 0.29) is 24.2 Å². The molecule has 2 N–H and O–H groups in total. The average Bonchev–Trinajstić information content (AvgIpc) is 2.73. The van der Waals surface area contributed by atoms with Gasteiger partial charge in [0.15, 0.2) is 6.61 Å². The van der Waals surface area contributed by atoms with Crippen LogP contribution in [0, 0.1) is 12.7 Å². The minimum atomic E-state index is -0.704. The van der Waals surface area contributed by atoms with Gasteiger partial charge in [-0.3, -0.25) is 9.59 Å². The van der Waals surface area contributed by atoms with Crippen molar-refractivity contribution >= 4 is 11.8 Å². The van der Waals surface area contributed by atoms with E-state index < -0.39 is 6.04 Å². The van der Waals surface area contributed by atoms with E-state index >= 15 is 0 Å². The van der Waals surface area contributed by atoms with E-state index in [1.54, 1.807) is 9.80 Å². The van der Waals surface area contributed by atoms with Crippen molar-refractivity contribution in [2.24, 2.45) is 5.73 Å². The predicted molar refractivity (Wildman–Crippen MR) is 103 cm³/mol. The fourth-order valence-corrected chi connectivity index (χ4v) is 3.06. The second-order valence-electron chi connectivity index (χ2n) is 6.84. The maximum Gasteiger partial charge on any atom is 0.260 e. The van der Waals surface area contributed by atoms with Gasteiger partial charge in [-0.2, -0.15) is 0 Å². The minimum Gasteiger partial charge on any atom is -0.484 e. The summed E-state index contributed by atoms with van der Waals surface area (Å²) in [6, 6.07) is 12.4. The molecular weight excluding hydrogens is 361 g/mol. The highest BCUT2D eigenvalue weighted by molar-refractivity contribution is 5.83. The van der Waals surface area contributed by atoms with Crippen LogP contribution in [-0.4, -0.2) is 54.4 Å². The molecule has 148 valence electrons. The molecular formula is C21H24FN3O3. The summed E-state index contributed by atoms with van der Waals surface area (Å²) < 4.78 is 18.3. The molecule has 1 saturated heterocycles. The highest BCUT2D eigenvalue weighted by Crippen LogP contribution is 2.16. The fraction of sp³-hybridized carbons (Fsp3) is 0.333. The molecule has 1 fully saturated rings. The number of hydrogen-bond acceptors (Lipinski definition) is 4. The minimum absolute atomic E-state index is 0.123. The molecule has 1 atom stereocenters. The molecule has 0 saturated carbocycles. The maximum atomic E-state index is 12.9. The van der Waals surface area contributed by atoms with E-state index in [9.17, 15) is 14.0 Å². The SMILES string of the molecule is Cc1ccc(C(N)C(=O)N2CCN(C(=O)COc3ccc(F)cc3)CC2)cc1. The first-order valence-corrected chi connectivity index (χ1v) is 9.21. The lowest BCUT2D eigenvalue weighted by Crippen LogP contribution is -2.53. The third kappa shape index (κ3) is 4.86. The monoisotopic (exact) mass is 385 g/mol. The third-order valence-electron chi connectivity index (χ3n) is 4.82. The van der Waals surface area contributed by atoms with Crippen molar-refractivity contribution in [1.82, 2.24) is 9.80 Å². The number of nitrogens with zero attached hydrogens (tertiary/aromatic N) is 2. The molecule has 0 radical (unpaired) electrons. The molecule has 1 unspecified atom stereocenters. The number of aryl methyl sites for hydroxylation is 1. The van der Waals surface area contributed by atoms with Crippen LogP contribution in [-0.2, 0) is 9.59 Å². The van der Waals surface area contributed by atoms with E-state index in [1.165, 1.54) is 24.3 Å². The van der Waals surface area contributed by atoms with Crippen LogP contribution < -0.4 is 10.5 Å². The molecule has 28 heavy (non-hydrogen) atoms. The lowest BCUT2D eigenvalue weighted by Gasteiger charge is -2.35. The summed E-state index contributed by atoms with van der Waals surface area (Å²) in [4.78, 5) is 28.3. The Morgan fingerprint density at radius 1 is 1.00 bits per heavy atom. The van der Waals surface area contributed by atoms with Crippen LogP contribution in [0.1, 0.15) is 17.2 Å². The Kier molecular flexibility index (Phi) is 6.26. The van der Waals surface area contributed by atoms with Gasteiger partial charge in [-0.25, -0.2) is 4.39 Å². The Bertz CT molecular complexity index is 816. The number of ether oxygens (including phenoxy) is 1. The molecule has 1 aliphatic rings. The number of halogens is 1. The Morgan fingerprint density at radius 2 is 1.57 bits per heavy atom. The van der Waals surface area contributed by atoms with E-state index in [0.717, 1.165) is 11.1 Å². The van der Waals surface area contributed by atoms with Gasteiger partial charge in [-0.15, -0.1) is 0 Å². The van der Waals surface area contributed by atoms with Crippen LogP contribution in [0.15, 0.2) is 48.5 Å². The number of hydrogen-bond donors (Lipinski definition) is 1. The lowest BCUT2D eigenvalue weighted by molar-refractivity contribution is -0.141. The van der Waals surface area contributed by atoms with Crippen molar-refractivity contribution in [1.29, 1.82) is 0 Å². The van der Waals surface area contributed by atoms with Gasteiger partial charge in [0, 0.05) is 26.2 Å². The molecule has 2 amide bonds. The highest BCUT2D eigenvalue weighted by atomic mass is 19.1. The summed E-state index contributed by atoms with van der Waals surface area (Å²) >= 11 is 0.